The van der Waals surface area contributed by atoms with Crippen molar-refractivity contribution in [3.8, 4) is 5.75 Å². The van der Waals surface area contributed by atoms with Gasteiger partial charge < -0.3 is 14.0 Å². The largest absolute Gasteiger partial charge is 0.485 e. The molecule has 27 heavy (non-hydrogen) atoms. The number of aryl methyl sites for hydroxylation is 1. The van der Waals surface area contributed by atoms with E-state index in [1.165, 1.54) is 0 Å². The lowest BCUT2D eigenvalue weighted by Crippen LogP contribution is -2.18. The lowest BCUT2D eigenvalue weighted by molar-refractivity contribution is 0.0915. The second-order valence-electron chi connectivity index (χ2n) is 7.22. The highest BCUT2D eigenvalue weighted by atomic mass is 16.5. The summed E-state index contributed by atoms with van der Waals surface area (Å²) in [7, 11) is 0. The van der Waals surface area contributed by atoms with Crippen molar-refractivity contribution >= 4 is 16.6 Å². The Morgan fingerprint density at radius 1 is 1.19 bits per heavy atom. The van der Waals surface area contributed by atoms with E-state index in [9.17, 15) is 4.79 Å². The Morgan fingerprint density at radius 3 is 2.81 bits per heavy atom. The van der Waals surface area contributed by atoms with Crippen LogP contribution in [0.4, 0.5) is 0 Å². The average Bonchev–Trinajstić information content (AvgIpc) is 3.30. The molecule has 1 aliphatic heterocycles. The van der Waals surface area contributed by atoms with E-state index in [0.717, 1.165) is 59.5 Å². The molecule has 1 aromatic heterocycles. The molecule has 4 heteroatoms. The Balaban J connectivity index is 1.49. The number of hydrogen-bond donors (Lipinski definition) is 0. The lowest BCUT2D eigenvalue weighted by atomic mass is 10.1. The van der Waals surface area contributed by atoms with Gasteiger partial charge in [0.25, 0.3) is 0 Å². The quantitative estimate of drug-likeness (QED) is 0.596. The topological polar surface area (TPSA) is 40.5 Å². The SMILES string of the molecule is Cc1cc(C(=O)COc2cccc3ccccc23)c(C)n1C[C@H]1CCCO1. The van der Waals surface area contributed by atoms with E-state index in [2.05, 4.69) is 4.57 Å². The molecule has 0 amide bonds. The summed E-state index contributed by atoms with van der Waals surface area (Å²) >= 11 is 0. The number of aromatic nitrogens is 1. The van der Waals surface area contributed by atoms with Gasteiger partial charge in [-0.3, -0.25) is 4.79 Å². The van der Waals surface area contributed by atoms with Gasteiger partial charge in [-0.1, -0.05) is 36.4 Å². The Kier molecular flexibility index (Phi) is 4.99. The number of ketones is 1. The molecule has 4 nitrogen and oxygen atoms in total. The standard InChI is InChI=1S/C23H25NO3/c1-16-13-21(17(2)24(16)14-19-9-6-12-26-19)22(25)15-27-23-11-5-8-18-7-3-4-10-20(18)23/h3-5,7-8,10-11,13,19H,6,9,12,14-15H2,1-2H3/t19-/m1/s1. The normalized spacial score (nSPS) is 16.7. The monoisotopic (exact) mass is 363 g/mol. The van der Waals surface area contributed by atoms with Crippen molar-refractivity contribution < 1.29 is 14.3 Å². The number of carbonyl (C=O) groups is 1. The van der Waals surface area contributed by atoms with Gasteiger partial charge in [0.2, 0.25) is 5.78 Å². The molecule has 0 N–H and O–H groups in total. The van der Waals surface area contributed by atoms with Crippen molar-refractivity contribution in [3.05, 3.63) is 65.5 Å². The van der Waals surface area contributed by atoms with Gasteiger partial charge in [-0.2, -0.15) is 0 Å². The molecule has 0 unspecified atom stereocenters. The highest BCUT2D eigenvalue weighted by Gasteiger charge is 2.21. The minimum Gasteiger partial charge on any atom is -0.485 e. The first kappa shape index (κ1) is 17.8. The third-order valence-corrected chi connectivity index (χ3v) is 5.39. The van der Waals surface area contributed by atoms with Gasteiger partial charge in [0.1, 0.15) is 5.75 Å². The number of nitrogens with zero attached hydrogens (tertiary/aromatic N) is 1. The van der Waals surface area contributed by atoms with E-state index in [-0.39, 0.29) is 18.5 Å². The Labute approximate surface area is 159 Å². The van der Waals surface area contributed by atoms with Gasteiger partial charge in [-0.05, 0) is 44.2 Å². The Morgan fingerprint density at radius 2 is 2.00 bits per heavy atom. The lowest BCUT2D eigenvalue weighted by Gasteiger charge is -2.15. The maximum absolute atomic E-state index is 12.8. The number of ether oxygens (including phenoxy) is 2. The van der Waals surface area contributed by atoms with Crippen LogP contribution in [0, 0.1) is 13.8 Å². The van der Waals surface area contributed by atoms with Crippen LogP contribution in [0.25, 0.3) is 10.8 Å². The van der Waals surface area contributed by atoms with Crippen molar-refractivity contribution in [1.82, 2.24) is 4.57 Å². The zero-order valence-corrected chi connectivity index (χ0v) is 15.9. The zero-order valence-electron chi connectivity index (χ0n) is 15.9. The van der Waals surface area contributed by atoms with E-state index < -0.39 is 0 Å². The molecule has 4 rings (SSSR count). The van der Waals surface area contributed by atoms with Crippen LogP contribution in [0.1, 0.15) is 34.6 Å². The molecule has 3 aromatic rings. The summed E-state index contributed by atoms with van der Waals surface area (Å²) in [5, 5.41) is 2.13. The van der Waals surface area contributed by atoms with Crippen molar-refractivity contribution in [3.63, 3.8) is 0 Å². The van der Waals surface area contributed by atoms with Crippen molar-refractivity contribution in [2.45, 2.75) is 39.3 Å². The molecule has 0 saturated carbocycles. The van der Waals surface area contributed by atoms with Crippen molar-refractivity contribution in [2.24, 2.45) is 0 Å². The second-order valence-corrected chi connectivity index (χ2v) is 7.22. The molecule has 0 radical (unpaired) electrons. The highest BCUT2D eigenvalue weighted by Crippen LogP contribution is 2.26. The zero-order chi connectivity index (χ0) is 18.8. The molecule has 0 spiro atoms. The third-order valence-electron chi connectivity index (χ3n) is 5.39. The minimum absolute atomic E-state index is 0.00891. The van der Waals surface area contributed by atoms with Crippen LogP contribution in [-0.4, -0.2) is 29.7 Å². The summed E-state index contributed by atoms with van der Waals surface area (Å²) in [5.41, 5.74) is 2.83. The van der Waals surface area contributed by atoms with E-state index in [1.54, 1.807) is 0 Å². The van der Waals surface area contributed by atoms with E-state index in [4.69, 9.17) is 9.47 Å². The van der Waals surface area contributed by atoms with Crippen LogP contribution >= 0.6 is 0 Å². The fourth-order valence-electron chi connectivity index (χ4n) is 3.90. The van der Waals surface area contributed by atoms with Crippen LogP contribution in [-0.2, 0) is 11.3 Å². The Bertz CT molecular complexity index is 962. The van der Waals surface area contributed by atoms with Gasteiger partial charge >= 0.3 is 0 Å². The predicted molar refractivity (Wildman–Crippen MR) is 107 cm³/mol. The van der Waals surface area contributed by atoms with E-state index >= 15 is 0 Å². The first-order valence-corrected chi connectivity index (χ1v) is 9.55. The fourth-order valence-corrected chi connectivity index (χ4v) is 3.90. The summed E-state index contributed by atoms with van der Waals surface area (Å²) in [6, 6.07) is 15.9. The maximum Gasteiger partial charge on any atom is 0.202 e. The molecule has 140 valence electrons. The number of carbonyl (C=O) groups excluding carboxylic acids is 1. The third kappa shape index (κ3) is 3.62. The maximum atomic E-state index is 12.8. The second kappa shape index (κ2) is 7.57. The van der Waals surface area contributed by atoms with Crippen molar-refractivity contribution in [1.29, 1.82) is 0 Å². The fraction of sp³-hybridized carbons (Fsp3) is 0.348. The van der Waals surface area contributed by atoms with Crippen molar-refractivity contribution in [2.75, 3.05) is 13.2 Å². The predicted octanol–water partition coefficient (Wildman–Crippen LogP) is 4.70. The first-order valence-electron chi connectivity index (χ1n) is 9.55. The molecular weight excluding hydrogens is 338 g/mol. The smallest absolute Gasteiger partial charge is 0.202 e. The number of hydrogen-bond acceptors (Lipinski definition) is 3. The van der Waals surface area contributed by atoms with Crippen LogP contribution < -0.4 is 4.74 Å². The van der Waals surface area contributed by atoms with Gasteiger partial charge in [-0.25, -0.2) is 0 Å². The molecule has 0 aliphatic carbocycles. The van der Waals surface area contributed by atoms with Crippen LogP contribution in [0.5, 0.6) is 5.75 Å². The first-order chi connectivity index (χ1) is 13.1. The van der Waals surface area contributed by atoms with E-state index in [1.807, 2.05) is 62.4 Å². The molecular formula is C23H25NO3. The number of Topliss-reactive ketones (excluding diaryl/α,β-unsaturated/α-hetero) is 1. The van der Waals surface area contributed by atoms with Gasteiger partial charge in [-0.15, -0.1) is 0 Å². The number of fused-ring (bicyclic) bond motifs is 1. The summed E-state index contributed by atoms with van der Waals surface area (Å²) in [6.45, 7) is 5.75. The van der Waals surface area contributed by atoms with Crippen LogP contribution in [0.2, 0.25) is 0 Å². The molecule has 2 aromatic carbocycles. The summed E-state index contributed by atoms with van der Waals surface area (Å²) in [6.07, 6.45) is 2.46. The van der Waals surface area contributed by atoms with Gasteiger partial charge in [0.15, 0.2) is 6.61 Å². The molecule has 0 bridgehead atoms. The van der Waals surface area contributed by atoms with Crippen LogP contribution in [0.3, 0.4) is 0 Å². The molecule has 1 saturated heterocycles. The number of benzene rings is 2. The highest BCUT2D eigenvalue weighted by molar-refractivity contribution is 5.99. The molecule has 1 atom stereocenters. The molecule has 2 heterocycles. The minimum atomic E-state index is 0.00891. The Hall–Kier alpha value is -2.59. The number of rotatable bonds is 6. The van der Waals surface area contributed by atoms with Gasteiger partial charge in [0.05, 0.1) is 6.10 Å². The average molecular weight is 363 g/mol. The van der Waals surface area contributed by atoms with E-state index in [0.29, 0.717) is 0 Å². The molecule has 1 aliphatic rings. The summed E-state index contributed by atoms with van der Waals surface area (Å²) in [5.74, 6) is 0.754. The molecule has 1 fully saturated rings. The summed E-state index contributed by atoms with van der Waals surface area (Å²) in [4.78, 5) is 12.8. The van der Waals surface area contributed by atoms with Gasteiger partial charge in [0, 0.05) is 35.5 Å². The summed E-state index contributed by atoms with van der Waals surface area (Å²) < 4.78 is 13.8. The van der Waals surface area contributed by atoms with Crippen LogP contribution in [0.15, 0.2) is 48.5 Å².